The van der Waals surface area contributed by atoms with Crippen LogP contribution in [0.5, 0.6) is 5.75 Å². The summed E-state index contributed by atoms with van der Waals surface area (Å²) in [6, 6.07) is 7.67. The lowest BCUT2D eigenvalue weighted by Crippen LogP contribution is -2.07. The summed E-state index contributed by atoms with van der Waals surface area (Å²) >= 11 is 0. The lowest BCUT2D eigenvalue weighted by atomic mass is 10.2. The van der Waals surface area contributed by atoms with Gasteiger partial charge >= 0.3 is 0 Å². The third-order valence-corrected chi connectivity index (χ3v) is 1.92. The molecule has 0 N–H and O–H groups in total. The van der Waals surface area contributed by atoms with E-state index in [2.05, 4.69) is 0 Å². The maximum absolute atomic E-state index is 5.42. The molecule has 0 heterocycles. The van der Waals surface area contributed by atoms with Gasteiger partial charge in [0.05, 0.1) is 7.11 Å². The zero-order chi connectivity index (χ0) is 10.4. The topological polar surface area (TPSA) is 27.7 Å². The summed E-state index contributed by atoms with van der Waals surface area (Å²) in [5.74, 6) is 0.785. The van der Waals surface area contributed by atoms with Crippen molar-refractivity contribution in [2.75, 3.05) is 20.8 Å². The van der Waals surface area contributed by atoms with Gasteiger partial charge in [0.2, 0.25) is 0 Å². The highest BCUT2D eigenvalue weighted by atomic mass is 16.7. The van der Waals surface area contributed by atoms with Gasteiger partial charge in [-0.1, -0.05) is 18.2 Å². The van der Waals surface area contributed by atoms with E-state index in [1.165, 1.54) is 0 Å². The number of rotatable bonds is 5. The molecule has 1 atom stereocenters. The van der Waals surface area contributed by atoms with Gasteiger partial charge in [0.1, 0.15) is 5.75 Å². The number of hydrogen-bond acceptors (Lipinski definition) is 3. The predicted molar refractivity (Wildman–Crippen MR) is 54.4 cm³/mol. The van der Waals surface area contributed by atoms with Gasteiger partial charge in [0.15, 0.2) is 6.29 Å². The molecule has 0 saturated heterocycles. The van der Waals surface area contributed by atoms with Crippen LogP contribution in [-0.2, 0) is 9.47 Å². The van der Waals surface area contributed by atoms with Crippen molar-refractivity contribution in [3.8, 4) is 5.75 Å². The van der Waals surface area contributed by atoms with E-state index in [1.54, 1.807) is 14.2 Å². The molecule has 1 rings (SSSR count). The number of methoxy groups -OCH3 is 2. The van der Waals surface area contributed by atoms with E-state index in [0.29, 0.717) is 6.61 Å². The van der Waals surface area contributed by atoms with E-state index in [0.717, 1.165) is 11.3 Å². The van der Waals surface area contributed by atoms with Crippen molar-refractivity contribution in [1.29, 1.82) is 0 Å². The molecule has 14 heavy (non-hydrogen) atoms. The summed E-state index contributed by atoms with van der Waals surface area (Å²) in [4.78, 5) is 0. The molecule has 0 fully saturated rings. The minimum absolute atomic E-state index is 0.351. The largest absolute Gasteiger partial charge is 0.496 e. The first kappa shape index (κ1) is 11.0. The Morgan fingerprint density at radius 2 is 1.93 bits per heavy atom. The summed E-state index contributed by atoms with van der Waals surface area (Å²) in [6.07, 6.45) is -0.351. The third kappa shape index (κ3) is 2.47. The lowest BCUT2D eigenvalue weighted by molar-refractivity contribution is -0.124. The molecular formula is C11H16O3. The van der Waals surface area contributed by atoms with E-state index in [-0.39, 0.29) is 6.29 Å². The predicted octanol–water partition coefficient (Wildman–Crippen LogP) is 2.38. The second-order valence-corrected chi connectivity index (χ2v) is 2.76. The van der Waals surface area contributed by atoms with Crippen LogP contribution in [0.4, 0.5) is 0 Å². The van der Waals surface area contributed by atoms with Gasteiger partial charge in [-0.05, 0) is 13.0 Å². The van der Waals surface area contributed by atoms with Crippen molar-refractivity contribution in [3.05, 3.63) is 29.8 Å². The van der Waals surface area contributed by atoms with Gasteiger partial charge in [-0.2, -0.15) is 0 Å². The zero-order valence-electron chi connectivity index (χ0n) is 8.82. The summed E-state index contributed by atoms with van der Waals surface area (Å²) in [7, 11) is 3.25. The number of hydrogen-bond donors (Lipinski definition) is 0. The highest BCUT2D eigenvalue weighted by Crippen LogP contribution is 2.27. The second-order valence-electron chi connectivity index (χ2n) is 2.76. The normalized spacial score (nSPS) is 12.5. The Labute approximate surface area is 84.6 Å². The molecule has 0 aliphatic heterocycles. The highest BCUT2D eigenvalue weighted by Gasteiger charge is 2.14. The van der Waals surface area contributed by atoms with Gasteiger partial charge in [0.25, 0.3) is 0 Å². The Morgan fingerprint density at radius 1 is 1.21 bits per heavy atom. The maximum atomic E-state index is 5.42. The van der Waals surface area contributed by atoms with Crippen LogP contribution in [0.15, 0.2) is 24.3 Å². The Morgan fingerprint density at radius 3 is 2.50 bits per heavy atom. The number of ether oxygens (including phenoxy) is 3. The van der Waals surface area contributed by atoms with Crippen molar-refractivity contribution >= 4 is 0 Å². The van der Waals surface area contributed by atoms with Crippen LogP contribution in [0.2, 0.25) is 0 Å². The summed E-state index contributed by atoms with van der Waals surface area (Å²) < 4.78 is 15.8. The van der Waals surface area contributed by atoms with Crippen molar-refractivity contribution in [1.82, 2.24) is 0 Å². The molecule has 0 aliphatic rings. The van der Waals surface area contributed by atoms with Crippen LogP contribution >= 0.6 is 0 Å². The Kier molecular flexibility index (Phi) is 4.43. The molecule has 3 nitrogen and oxygen atoms in total. The first-order valence-corrected chi connectivity index (χ1v) is 4.60. The first-order valence-electron chi connectivity index (χ1n) is 4.60. The van der Waals surface area contributed by atoms with Gasteiger partial charge in [-0.3, -0.25) is 0 Å². The van der Waals surface area contributed by atoms with E-state index < -0.39 is 0 Å². The minimum Gasteiger partial charge on any atom is -0.496 e. The van der Waals surface area contributed by atoms with Gasteiger partial charge in [-0.15, -0.1) is 0 Å². The average Bonchev–Trinajstić information content (AvgIpc) is 2.26. The summed E-state index contributed by atoms with van der Waals surface area (Å²) in [6.45, 7) is 2.54. The Hall–Kier alpha value is -1.06. The van der Waals surface area contributed by atoms with E-state index in [9.17, 15) is 0 Å². The average molecular weight is 196 g/mol. The molecule has 0 saturated carbocycles. The van der Waals surface area contributed by atoms with Crippen LogP contribution in [0.3, 0.4) is 0 Å². The fourth-order valence-corrected chi connectivity index (χ4v) is 1.30. The standard InChI is InChI=1S/C11H16O3/c1-4-14-11(13-3)9-7-5-6-8-10(9)12-2/h5-8,11H,4H2,1-3H3. The smallest absolute Gasteiger partial charge is 0.187 e. The fraction of sp³-hybridized carbons (Fsp3) is 0.455. The van der Waals surface area contributed by atoms with Crippen molar-refractivity contribution in [2.24, 2.45) is 0 Å². The molecule has 78 valence electrons. The molecule has 0 aliphatic carbocycles. The van der Waals surface area contributed by atoms with Crippen molar-refractivity contribution < 1.29 is 14.2 Å². The molecule has 0 bridgehead atoms. The SMILES string of the molecule is CCOC(OC)c1ccccc1OC. The quantitative estimate of drug-likeness (QED) is 0.677. The van der Waals surface area contributed by atoms with E-state index in [4.69, 9.17) is 14.2 Å². The lowest BCUT2D eigenvalue weighted by Gasteiger charge is -2.17. The summed E-state index contributed by atoms with van der Waals surface area (Å²) in [5, 5.41) is 0. The molecule has 0 spiro atoms. The number of para-hydroxylation sites is 1. The summed E-state index contributed by atoms with van der Waals surface area (Å²) in [5.41, 5.74) is 0.916. The van der Waals surface area contributed by atoms with Gasteiger partial charge in [-0.25, -0.2) is 0 Å². The van der Waals surface area contributed by atoms with Gasteiger partial charge < -0.3 is 14.2 Å². The molecular weight excluding hydrogens is 180 g/mol. The highest BCUT2D eigenvalue weighted by molar-refractivity contribution is 5.34. The minimum atomic E-state index is -0.351. The van der Waals surface area contributed by atoms with E-state index >= 15 is 0 Å². The van der Waals surface area contributed by atoms with Crippen LogP contribution in [0.1, 0.15) is 18.8 Å². The Bertz CT molecular complexity index is 273. The van der Waals surface area contributed by atoms with Gasteiger partial charge in [0, 0.05) is 19.3 Å². The molecule has 3 heteroatoms. The molecule has 0 aromatic heterocycles. The molecule has 0 radical (unpaired) electrons. The van der Waals surface area contributed by atoms with E-state index in [1.807, 2.05) is 31.2 Å². The molecule has 1 aromatic carbocycles. The third-order valence-electron chi connectivity index (χ3n) is 1.92. The van der Waals surface area contributed by atoms with Crippen LogP contribution in [0.25, 0.3) is 0 Å². The number of benzene rings is 1. The Balaban J connectivity index is 2.90. The maximum Gasteiger partial charge on any atom is 0.187 e. The van der Waals surface area contributed by atoms with Crippen molar-refractivity contribution in [2.45, 2.75) is 13.2 Å². The fourth-order valence-electron chi connectivity index (χ4n) is 1.30. The second kappa shape index (κ2) is 5.62. The molecule has 1 aromatic rings. The molecule has 0 amide bonds. The van der Waals surface area contributed by atoms with Crippen LogP contribution < -0.4 is 4.74 Å². The zero-order valence-corrected chi connectivity index (χ0v) is 8.82. The monoisotopic (exact) mass is 196 g/mol. The molecule has 1 unspecified atom stereocenters. The van der Waals surface area contributed by atoms with Crippen LogP contribution in [0, 0.1) is 0 Å². The van der Waals surface area contributed by atoms with Crippen molar-refractivity contribution in [3.63, 3.8) is 0 Å². The first-order chi connectivity index (χ1) is 6.83. The van der Waals surface area contributed by atoms with Crippen LogP contribution in [-0.4, -0.2) is 20.8 Å².